The summed E-state index contributed by atoms with van der Waals surface area (Å²) in [6.07, 6.45) is 4.23. The molecule has 0 bridgehead atoms. The predicted molar refractivity (Wildman–Crippen MR) is 91.7 cm³/mol. The maximum atomic E-state index is 11.7. The second-order valence-electron chi connectivity index (χ2n) is 5.69. The van der Waals surface area contributed by atoms with Crippen molar-refractivity contribution in [3.05, 3.63) is 16.1 Å². The number of nitrogens with zero attached hydrogens (tertiary/aromatic N) is 3. The van der Waals surface area contributed by atoms with Crippen LogP contribution < -0.4 is 10.6 Å². The van der Waals surface area contributed by atoms with Crippen LogP contribution in [0.2, 0.25) is 0 Å². The fourth-order valence-electron chi connectivity index (χ4n) is 2.12. The first-order chi connectivity index (χ1) is 11.0. The van der Waals surface area contributed by atoms with Crippen molar-refractivity contribution in [1.82, 2.24) is 20.5 Å². The average Bonchev–Trinajstić information content (AvgIpc) is 3.17. The summed E-state index contributed by atoms with van der Waals surface area (Å²) in [4.78, 5) is 23.1. The zero-order valence-corrected chi connectivity index (χ0v) is 14.8. The number of likely N-dealkylation sites (N-methyl/N-ethyl adjacent to an activating group) is 1. The van der Waals surface area contributed by atoms with Gasteiger partial charge in [0.2, 0.25) is 5.91 Å². The molecular weight excluding hydrogens is 314 g/mol. The Balaban J connectivity index is 1.88. The molecule has 1 aliphatic heterocycles. The minimum absolute atomic E-state index is 0.0340. The summed E-state index contributed by atoms with van der Waals surface area (Å²) in [6, 6.07) is 0. The van der Waals surface area contributed by atoms with Gasteiger partial charge in [-0.3, -0.25) is 4.79 Å². The van der Waals surface area contributed by atoms with E-state index in [1.807, 2.05) is 13.1 Å². The summed E-state index contributed by atoms with van der Waals surface area (Å²) in [7, 11) is 3.45. The highest BCUT2D eigenvalue weighted by atomic mass is 32.1. The first-order valence-electron chi connectivity index (χ1n) is 7.80. The van der Waals surface area contributed by atoms with E-state index < -0.39 is 0 Å². The molecule has 0 spiro atoms. The van der Waals surface area contributed by atoms with Crippen LogP contribution in [-0.2, 0) is 16.1 Å². The van der Waals surface area contributed by atoms with Crippen molar-refractivity contribution < 1.29 is 9.53 Å². The Kier molecular flexibility index (Phi) is 6.79. The number of thiazole rings is 1. The average molecular weight is 339 g/mol. The monoisotopic (exact) mass is 339 g/mol. The van der Waals surface area contributed by atoms with E-state index in [0.29, 0.717) is 19.0 Å². The molecule has 23 heavy (non-hydrogen) atoms. The Hall–Kier alpha value is -1.67. The molecular formula is C15H25N5O2S. The lowest BCUT2D eigenvalue weighted by Crippen LogP contribution is -2.41. The number of carbonyl (C=O) groups is 1. The highest BCUT2D eigenvalue weighted by Crippen LogP contribution is 2.11. The van der Waals surface area contributed by atoms with Crippen LogP contribution in [0.25, 0.3) is 0 Å². The van der Waals surface area contributed by atoms with E-state index in [1.54, 1.807) is 25.4 Å². The normalized spacial score (nSPS) is 18.0. The van der Waals surface area contributed by atoms with Crippen molar-refractivity contribution in [2.75, 3.05) is 33.8 Å². The number of hydrogen-bond donors (Lipinski definition) is 2. The van der Waals surface area contributed by atoms with Gasteiger partial charge in [0.15, 0.2) is 5.96 Å². The van der Waals surface area contributed by atoms with E-state index in [0.717, 1.165) is 24.5 Å². The van der Waals surface area contributed by atoms with Crippen LogP contribution in [-0.4, -0.2) is 61.6 Å². The summed E-state index contributed by atoms with van der Waals surface area (Å²) < 4.78 is 5.60. The Morgan fingerprint density at radius 2 is 2.35 bits per heavy atom. The van der Waals surface area contributed by atoms with E-state index in [1.165, 1.54) is 9.78 Å². The Labute approximate surface area is 141 Å². The predicted octanol–water partition coefficient (Wildman–Crippen LogP) is 0.754. The topological polar surface area (TPSA) is 78.9 Å². The Bertz CT molecular complexity index is 538. The van der Waals surface area contributed by atoms with Crippen molar-refractivity contribution >= 4 is 23.2 Å². The molecule has 0 radical (unpaired) electrons. The first-order valence-corrected chi connectivity index (χ1v) is 8.61. The summed E-state index contributed by atoms with van der Waals surface area (Å²) in [5, 5.41) is 7.47. The number of carbonyl (C=O) groups excluding carboxylic acids is 1. The number of ether oxygens (including phenoxy) is 1. The third kappa shape index (κ3) is 6.15. The van der Waals surface area contributed by atoms with Gasteiger partial charge in [-0.05, 0) is 19.8 Å². The lowest BCUT2D eigenvalue weighted by Gasteiger charge is -2.15. The molecule has 1 amide bonds. The quantitative estimate of drug-likeness (QED) is 0.591. The van der Waals surface area contributed by atoms with Gasteiger partial charge in [0.25, 0.3) is 0 Å². The maximum Gasteiger partial charge on any atom is 0.243 e. The molecule has 1 aliphatic rings. The number of aromatic nitrogens is 1. The second-order valence-corrected chi connectivity index (χ2v) is 7.01. The van der Waals surface area contributed by atoms with Gasteiger partial charge in [-0.2, -0.15) is 0 Å². The van der Waals surface area contributed by atoms with Crippen LogP contribution in [0.15, 0.2) is 11.2 Å². The van der Waals surface area contributed by atoms with Crippen LogP contribution in [0.4, 0.5) is 0 Å². The number of hydrogen-bond acceptors (Lipinski definition) is 5. The van der Waals surface area contributed by atoms with Crippen LogP contribution in [0.1, 0.15) is 22.7 Å². The molecule has 1 fully saturated rings. The molecule has 8 heteroatoms. The number of rotatable bonds is 6. The third-order valence-electron chi connectivity index (χ3n) is 3.47. The molecule has 0 aromatic carbocycles. The lowest BCUT2D eigenvalue weighted by molar-refractivity contribution is -0.127. The molecule has 1 aromatic heterocycles. The minimum Gasteiger partial charge on any atom is -0.376 e. The summed E-state index contributed by atoms with van der Waals surface area (Å²) in [5.74, 6) is 0.580. The van der Waals surface area contributed by atoms with Gasteiger partial charge >= 0.3 is 0 Å². The van der Waals surface area contributed by atoms with E-state index in [9.17, 15) is 4.79 Å². The van der Waals surface area contributed by atoms with Crippen molar-refractivity contribution in [3.63, 3.8) is 0 Å². The van der Waals surface area contributed by atoms with Gasteiger partial charge in [0, 0.05) is 38.3 Å². The summed E-state index contributed by atoms with van der Waals surface area (Å²) >= 11 is 1.65. The third-order valence-corrected chi connectivity index (χ3v) is 4.38. The van der Waals surface area contributed by atoms with Gasteiger partial charge in [-0.25, -0.2) is 9.98 Å². The molecule has 128 valence electrons. The fraction of sp³-hybridized carbons (Fsp3) is 0.667. The fourth-order valence-corrected chi connectivity index (χ4v) is 2.85. The van der Waals surface area contributed by atoms with Gasteiger partial charge < -0.3 is 20.3 Å². The van der Waals surface area contributed by atoms with Crippen LogP contribution in [0.5, 0.6) is 0 Å². The zero-order valence-electron chi connectivity index (χ0n) is 14.0. The summed E-state index contributed by atoms with van der Waals surface area (Å²) in [6.45, 7) is 4.25. The van der Waals surface area contributed by atoms with Crippen LogP contribution in [0.3, 0.4) is 0 Å². The van der Waals surface area contributed by atoms with E-state index in [4.69, 9.17) is 4.74 Å². The number of nitrogens with one attached hydrogen (secondary N) is 2. The maximum absolute atomic E-state index is 11.7. The number of aryl methyl sites for hydroxylation is 1. The smallest absolute Gasteiger partial charge is 0.243 e. The van der Waals surface area contributed by atoms with Gasteiger partial charge in [0.1, 0.15) is 11.6 Å². The molecule has 2 heterocycles. The molecule has 1 aromatic rings. The molecule has 0 aliphatic carbocycles. The Morgan fingerprint density at radius 3 is 2.96 bits per heavy atom. The standard InChI is InChI=1S/C15H25N5O2S/c1-11-7-16-13(23-11)9-18-15(19-10-14(21)20(2)3)17-8-12-5-4-6-22-12/h7,12H,4-6,8-10H2,1-3H3,(H2,17,18,19). The highest BCUT2D eigenvalue weighted by Gasteiger charge is 2.16. The molecule has 1 unspecified atom stereocenters. The molecule has 2 rings (SSSR count). The van der Waals surface area contributed by atoms with Gasteiger partial charge in [-0.1, -0.05) is 0 Å². The lowest BCUT2D eigenvalue weighted by atomic mass is 10.2. The molecule has 0 saturated carbocycles. The summed E-state index contributed by atoms with van der Waals surface area (Å²) in [5.41, 5.74) is 0. The molecule has 2 N–H and O–H groups in total. The molecule has 1 saturated heterocycles. The SMILES string of the molecule is Cc1cnc(CNC(=NCC(=O)N(C)C)NCC2CCCO2)s1. The van der Waals surface area contributed by atoms with E-state index >= 15 is 0 Å². The largest absolute Gasteiger partial charge is 0.376 e. The first kappa shape index (κ1) is 17.7. The number of aliphatic imine (C=N–C) groups is 1. The number of amides is 1. The van der Waals surface area contributed by atoms with Gasteiger partial charge in [-0.15, -0.1) is 11.3 Å². The van der Waals surface area contributed by atoms with Crippen molar-refractivity contribution in [3.8, 4) is 0 Å². The molecule has 7 nitrogen and oxygen atoms in total. The minimum atomic E-state index is -0.0340. The van der Waals surface area contributed by atoms with Gasteiger partial charge in [0.05, 0.1) is 12.6 Å². The van der Waals surface area contributed by atoms with E-state index in [2.05, 4.69) is 20.6 Å². The van der Waals surface area contributed by atoms with Crippen LogP contribution >= 0.6 is 11.3 Å². The number of guanidine groups is 1. The van der Waals surface area contributed by atoms with E-state index in [-0.39, 0.29) is 18.6 Å². The van der Waals surface area contributed by atoms with Crippen molar-refractivity contribution in [1.29, 1.82) is 0 Å². The highest BCUT2D eigenvalue weighted by molar-refractivity contribution is 7.11. The van der Waals surface area contributed by atoms with Crippen molar-refractivity contribution in [2.24, 2.45) is 4.99 Å². The second kappa shape index (κ2) is 8.83. The zero-order chi connectivity index (χ0) is 16.7. The van der Waals surface area contributed by atoms with Crippen LogP contribution in [0, 0.1) is 6.92 Å². The molecule has 1 atom stereocenters. The Morgan fingerprint density at radius 1 is 1.52 bits per heavy atom. The van der Waals surface area contributed by atoms with Crippen molar-refractivity contribution in [2.45, 2.75) is 32.4 Å².